The number of non-ortho nitro benzene ring substituents is 2. The van der Waals surface area contributed by atoms with Gasteiger partial charge in [0.15, 0.2) is 11.6 Å². The highest BCUT2D eigenvalue weighted by Gasteiger charge is 2.31. The lowest BCUT2D eigenvalue weighted by Gasteiger charge is -2.12. The van der Waals surface area contributed by atoms with Crippen LogP contribution in [0.25, 0.3) is 84.0 Å². The standard InChI is InChI=1S/C43H26N8O4/c52-50(53)31-21-23-35-33(25-31)37-39(47(35)29-17-9-3-10-18-29)40-38(48(37)30-19-11-4-12-20-30)34-26-32(51(54)55)22-24-36(34)49(40)43-45-41(27-13-5-1-6-14-27)44-42(46-43)28-15-7-2-8-16-28/h1-26H. The Bertz CT molecular complexity index is 3080. The van der Waals surface area contributed by atoms with E-state index in [1.54, 1.807) is 24.3 Å². The van der Waals surface area contributed by atoms with Crippen LogP contribution in [0.2, 0.25) is 0 Å². The Balaban J connectivity index is 1.47. The van der Waals surface area contributed by atoms with Crippen molar-refractivity contribution in [1.29, 1.82) is 0 Å². The molecule has 10 aromatic rings. The fourth-order valence-corrected chi connectivity index (χ4v) is 7.54. The minimum atomic E-state index is -0.412. The monoisotopic (exact) mass is 718 g/mol. The van der Waals surface area contributed by atoms with Crippen molar-refractivity contribution in [3.63, 3.8) is 0 Å². The van der Waals surface area contributed by atoms with E-state index in [2.05, 4.69) is 4.57 Å². The summed E-state index contributed by atoms with van der Waals surface area (Å²) in [6.45, 7) is 0. The highest BCUT2D eigenvalue weighted by molar-refractivity contribution is 6.25. The van der Waals surface area contributed by atoms with E-state index in [1.165, 1.54) is 12.1 Å². The molecule has 6 aromatic carbocycles. The number of nitro benzene ring substituents is 2. The molecule has 0 spiro atoms. The van der Waals surface area contributed by atoms with Gasteiger partial charge in [0.2, 0.25) is 5.95 Å². The molecule has 10 rings (SSSR count). The lowest BCUT2D eigenvalue weighted by Crippen LogP contribution is -2.07. The number of rotatable bonds is 7. The number of fused-ring (bicyclic) bond motifs is 7. The van der Waals surface area contributed by atoms with Crippen molar-refractivity contribution in [2.45, 2.75) is 0 Å². The van der Waals surface area contributed by atoms with Crippen molar-refractivity contribution < 1.29 is 9.85 Å². The number of benzene rings is 6. The largest absolute Gasteiger partial charge is 0.306 e. The van der Waals surface area contributed by atoms with Crippen LogP contribution in [0.1, 0.15) is 0 Å². The summed E-state index contributed by atoms with van der Waals surface area (Å²) in [7, 11) is 0. The average molecular weight is 719 g/mol. The lowest BCUT2D eigenvalue weighted by atomic mass is 10.2. The van der Waals surface area contributed by atoms with Crippen LogP contribution in [0, 0.1) is 20.2 Å². The van der Waals surface area contributed by atoms with E-state index >= 15 is 0 Å². The second-order valence-corrected chi connectivity index (χ2v) is 13.0. The molecule has 12 heteroatoms. The van der Waals surface area contributed by atoms with E-state index in [4.69, 9.17) is 15.0 Å². The minimum absolute atomic E-state index is 0.0639. The topological polar surface area (TPSA) is 140 Å². The normalized spacial score (nSPS) is 11.6. The fraction of sp³-hybridized carbons (Fsp3) is 0. The molecule has 0 saturated carbocycles. The van der Waals surface area contributed by atoms with Crippen LogP contribution >= 0.6 is 0 Å². The van der Waals surface area contributed by atoms with Crippen molar-refractivity contribution in [3.05, 3.63) is 178 Å². The molecule has 0 aliphatic rings. The van der Waals surface area contributed by atoms with Gasteiger partial charge in [-0.25, -0.2) is 4.98 Å². The van der Waals surface area contributed by atoms with E-state index < -0.39 is 9.85 Å². The molecule has 12 nitrogen and oxygen atoms in total. The quantitative estimate of drug-likeness (QED) is 0.118. The number of hydrogen-bond acceptors (Lipinski definition) is 7. The third-order valence-electron chi connectivity index (χ3n) is 9.86. The van der Waals surface area contributed by atoms with Crippen LogP contribution in [0.3, 0.4) is 0 Å². The number of aromatic nitrogens is 6. The second-order valence-electron chi connectivity index (χ2n) is 13.0. The maximum absolute atomic E-state index is 12.3. The van der Waals surface area contributed by atoms with Crippen molar-refractivity contribution in [1.82, 2.24) is 28.7 Å². The summed E-state index contributed by atoms with van der Waals surface area (Å²) < 4.78 is 6.05. The highest BCUT2D eigenvalue weighted by atomic mass is 16.6. The molecule has 262 valence electrons. The number of nitrogens with zero attached hydrogens (tertiary/aromatic N) is 8. The summed E-state index contributed by atoms with van der Waals surface area (Å²) in [6.07, 6.45) is 0. The SMILES string of the molecule is O=[N+]([O-])c1ccc2c(c1)c1c(c3c(c4cc([N+](=O)[O-])ccc4n3-c3nc(-c4ccccc4)nc(-c4ccccc4)n3)n1-c1ccccc1)n2-c1ccccc1. The molecular weight excluding hydrogens is 693 g/mol. The van der Waals surface area contributed by atoms with Gasteiger partial charge in [0.1, 0.15) is 5.52 Å². The summed E-state index contributed by atoms with van der Waals surface area (Å²) in [5.41, 5.74) is 7.05. The summed E-state index contributed by atoms with van der Waals surface area (Å²) in [4.78, 5) is 38.9. The first-order chi connectivity index (χ1) is 27.0. The van der Waals surface area contributed by atoms with Gasteiger partial charge in [-0.3, -0.25) is 24.8 Å². The van der Waals surface area contributed by atoms with Gasteiger partial charge in [-0.1, -0.05) is 97.1 Å². The summed E-state index contributed by atoms with van der Waals surface area (Å²) in [6, 6.07) is 48.3. The van der Waals surface area contributed by atoms with Gasteiger partial charge in [-0.2, -0.15) is 9.97 Å². The lowest BCUT2D eigenvalue weighted by molar-refractivity contribution is -0.384. The number of nitro groups is 2. The molecule has 0 saturated heterocycles. The molecule has 0 atom stereocenters. The molecule has 55 heavy (non-hydrogen) atoms. The second kappa shape index (κ2) is 12.3. The predicted octanol–water partition coefficient (Wildman–Crippen LogP) is 10.0. The van der Waals surface area contributed by atoms with E-state index in [-0.39, 0.29) is 11.4 Å². The number of hydrogen-bond donors (Lipinski definition) is 0. The Morgan fingerprint density at radius 1 is 0.418 bits per heavy atom. The third kappa shape index (κ3) is 4.96. The summed E-state index contributed by atoms with van der Waals surface area (Å²) in [5.74, 6) is 1.18. The Kier molecular flexibility index (Phi) is 7.10. The zero-order valence-electron chi connectivity index (χ0n) is 28.7. The van der Waals surface area contributed by atoms with Crippen molar-refractivity contribution in [3.8, 4) is 40.1 Å². The Morgan fingerprint density at radius 2 is 0.818 bits per heavy atom. The molecular formula is C43H26N8O4. The summed E-state index contributed by atoms with van der Waals surface area (Å²) >= 11 is 0. The summed E-state index contributed by atoms with van der Waals surface area (Å²) in [5, 5.41) is 25.8. The van der Waals surface area contributed by atoms with Crippen molar-refractivity contribution >= 4 is 55.2 Å². The van der Waals surface area contributed by atoms with Gasteiger partial charge in [-0.05, 0) is 36.4 Å². The molecule has 0 bridgehead atoms. The van der Waals surface area contributed by atoms with Crippen LogP contribution in [-0.2, 0) is 0 Å². The van der Waals surface area contributed by atoms with Gasteiger partial charge in [0.05, 0.1) is 37.4 Å². The average Bonchev–Trinajstić information content (AvgIpc) is 3.86. The third-order valence-corrected chi connectivity index (χ3v) is 9.86. The Morgan fingerprint density at radius 3 is 1.27 bits per heavy atom. The molecule has 0 unspecified atom stereocenters. The first-order valence-electron chi connectivity index (χ1n) is 17.4. The van der Waals surface area contributed by atoms with Gasteiger partial charge in [0, 0.05) is 57.5 Å². The molecule has 0 aliphatic carbocycles. The molecule has 0 aliphatic heterocycles. The molecule has 4 aromatic heterocycles. The van der Waals surface area contributed by atoms with Gasteiger partial charge >= 0.3 is 0 Å². The van der Waals surface area contributed by atoms with Gasteiger partial charge < -0.3 is 9.13 Å². The van der Waals surface area contributed by atoms with Crippen LogP contribution < -0.4 is 0 Å². The maximum Gasteiger partial charge on any atom is 0.270 e. The first-order valence-corrected chi connectivity index (χ1v) is 17.4. The van der Waals surface area contributed by atoms with Crippen LogP contribution in [-0.4, -0.2) is 38.5 Å². The first kappa shape index (κ1) is 31.7. The van der Waals surface area contributed by atoms with E-state index in [0.29, 0.717) is 56.0 Å². The number of para-hydroxylation sites is 2. The van der Waals surface area contributed by atoms with E-state index in [0.717, 1.165) is 28.0 Å². The predicted molar refractivity (Wildman–Crippen MR) is 212 cm³/mol. The molecule has 0 fully saturated rings. The van der Waals surface area contributed by atoms with Crippen LogP contribution in [0.15, 0.2) is 158 Å². The molecule has 0 N–H and O–H groups in total. The van der Waals surface area contributed by atoms with Crippen molar-refractivity contribution in [2.24, 2.45) is 0 Å². The van der Waals surface area contributed by atoms with Crippen LogP contribution in [0.4, 0.5) is 11.4 Å². The van der Waals surface area contributed by atoms with Crippen molar-refractivity contribution in [2.75, 3.05) is 0 Å². The van der Waals surface area contributed by atoms with E-state index in [9.17, 15) is 20.2 Å². The van der Waals surface area contributed by atoms with Crippen LogP contribution in [0.5, 0.6) is 0 Å². The zero-order valence-corrected chi connectivity index (χ0v) is 28.7. The maximum atomic E-state index is 12.3. The zero-order chi connectivity index (χ0) is 37.2. The van der Waals surface area contributed by atoms with E-state index in [1.807, 2.05) is 130 Å². The van der Waals surface area contributed by atoms with Gasteiger partial charge in [-0.15, -0.1) is 0 Å². The molecule has 4 heterocycles. The fourth-order valence-electron chi connectivity index (χ4n) is 7.54. The minimum Gasteiger partial charge on any atom is -0.306 e. The highest BCUT2D eigenvalue weighted by Crippen LogP contribution is 2.46. The Hall–Kier alpha value is -7.99. The smallest absolute Gasteiger partial charge is 0.270 e. The van der Waals surface area contributed by atoms with Gasteiger partial charge in [0.25, 0.3) is 11.4 Å². The molecule has 0 amide bonds. The Labute approximate surface area is 311 Å². The molecule has 0 radical (unpaired) electrons.